The number of likely N-dealkylation sites (N-methyl/N-ethyl adjacent to an activating group) is 2. The number of amides is 2. The highest BCUT2D eigenvalue weighted by Crippen LogP contribution is 1.92. The molecule has 78 valence electrons. The van der Waals surface area contributed by atoms with Crippen molar-refractivity contribution in [3.05, 3.63) is 24.3 Å². The van der Waals surface area contributed by atoms with E-state index < -0.39 is 0 Å². The summed E-state index contributed by atoms with van der Waals surface area (Å²) in [5.41, 5.74) is 0. The molecule has 0 spiro atoms. The molecular weight excluding hydrogens is 180 g/mol. The molecule has 0 saturated heterocycles. The van der Waals surface area contributed by atoms with Crippen molar-refractivity contribution in [3.63, 3.8) is 0 Å². The molecule has 0 aromatic heterocycles. The van der Waals surface area contributed by atoms with Gasteiger partial charge < -0.3 is 10.6 Å². The van der Waals surface area contributed by atoms with Gasteiger partial charge in [-0.05, 0) is 25.0 Å². The second-order valence-corrected chi connectivity index (χ2v) is 2.61. The minimum Gasteiger partial charge on any atom is -0.356 e. The molecule has 0 bridgehead atoms. The smallest absolute Gasteiger partial charge is 0.243 e. The Hall–Kier alpha value is -1.58. The minimum atomic E-state index is -0.111. The molecule has 0 atom stereocenters. The zero-order valence-electron chi connectivity index (χ0n) is 8.54. The summed E-state index contributed by atoms with van der Waals surface area (Å²) in [5.74, 6) is -0.222. The molecular formula is C10H16N2O2. The number of nitrogens with one attached hydrogen (secondary N) is 2. The van der Waals surface area contributed by atoms with Gasteiger partial charge in [-0.15, -0.1) is 0 Å². The van der Waals surface area contributed by atoms with Crippen molar-refractivity contribution in [2.24, 2.45) is 0 Å². The first-order chi connectivity index (χ1) is 6.70. The Morgan fingerprint density at radius 3 is 1.57 bits per heavy atom. The summed E-state index contributed by atoms with van der Waals surface area (Å²) in [4.78, 5) is 21.4. The number of unbranched alkanes of at least 4 members (excludes halogenated alkanes) is 1. The van der Waals surface area contributed by atoms with E-state index >= 15 is 0 Å². The highest BCUT2D eigenvalue weighted by Gasteiger charge is 1.87. The molecule has 0 fully saturated rings. The van der Waals surface area contributed by atoms with Crippen LogP contribution >= 0.6 is 0 Å². The van der Waals surface area contributed by atoms with Crippen LogP contribution in [0.1, 0.15) is 12.8 Å². The molecule has 0 aliphatic rings. The van der Waals surface area contributed by atoms with Crippen molar-refractivity contribution in [2.45, 2.75) is 12.8 Å². The fourth-order valence-corrected chi connectivity index (χ4v) is 0.740. The van der Waals surface area contributed by atoms with Crippen LogP contribution in [-0.4, -0.2) is 25.9 Å². The second-order valence-electron chi connectivity index (χ2n) is 2.61. The number of rotatable bonds is 5. The molecule has 0 radical (unpaired) electrons. The summed E-state index contributed by atoms with van der Waals surface area (Å²) in [7, 11) is 3.16. The lowest BCUT2D eigenvalue weighted by Crippen LogP contribution is -2.14. The molecule has 0 aromatic carbocycles. The van der Waals surface area contributed by atoms with Crippen molar-refractivity contribution < 1.29 is 9.59 Å². The predicted octanol–water partition coefficient (Wildman–Crippen LogP) is 0.371. The van der Waals surface area contributed by atoms with E-state index in [1.165, 1.54) is 12.2 Å². The molecule has 0 saturated carbocycles. The molecule has 0 unspecified atom stereocenters. The summed E-state index contributed by atoms with van der Waals surface area (Å²) >= 11 is 0. The van der Waals surface area contributed by atoms with E-state index in [4.69, 9.17) is 0 Å². The van der Waals surface area contributed by atoms with Crippen LogP contribution < -0.4 is 10.6 Å². The summed E-state index contributed by atoms with van der Waals surface area (Å²) in [6, 6.07) is 0. The second kappa shape index (κ2) is 8.04. The standard InChI is InChI=1S/C10H16N2O2/c1-11-9(13)7-5-3-4-6-8-10(14)12-2/h5-8H,3-4H2,1-2H3,(H,11,13)(H,12,14). The van der Waals surface area contributed by atoms with Gasteiger partial charge in [0.2, 0.25) is 11.8 Å². The summed E-state index contributed by atoms with van der Waals surface area (Å²) < 4.78 is 0. The van der Waals surface area contributed by atoms with Crippen molar-refractivity contribution in [1.29, 1.82) is 0 Å². The minimum absolute atomic E-state index is 0.111. The highest BCUT2D eigenvalue weighted by atomic mass is 16.2. The molecule has 0 aliphatic heterocycles. The third kappa shape index (κ3) is 7.09. The maximum absolute atomic E-state index is 10.7. The average molecular weight is 196 g/mol. The van der Waals surface area contributed by atoms with Gasteiger partial charge in [-0.3, -0.25) is 9.59 Å². The third-order valence-electron chi connectivity index (χ3n) is 1.53. The average Bonchev–Trinajstić information content (AvgIpc) is 2.22. The SMILES string of the molecule is CNC(=O)C=CCCC=CC(=O)NC. The Kier molecular flexibility index (Phi) is 7.13. The first kappa shape index (κ1) is 12.4. The van der Waals surface area contributed by atoms with Crippen LogP contribution in [0.3, 0.4) is 0 Å². The first-order valence-corrected chi connectivity index (χ1v) is 4.47. The first-order valence-electron chi connectivity index (χ1n) is 4.47. The summed E-state index contributed by atoms with van der Waals surface area (Å²) in [6.07, 6.45) is 8.00. The van der Waals surface area contributed by atoms with Crippen molar-refractivity contribution in [2.75, 3.05) is 14.1 Å². The van der Waals surface area contributed by atoms with Crippen LogP contribution in [-0.2, 0) is 9.59 Å². The zero-order chi connectivity index (χ0) is 10.8. The highest BCUT2D eigenvalue weighted by molar-refractivity contribution is 5.87. The van der Waals surface area contributed by atoms with E-state index in [2.05, 4.69) is 10.6 Å². The Morgan fingerprint density at radius 2 is 1.29 bits per heavy atom. The van der Waals surface area contributed by atoms with E-state index in [-0.39, 0.29) is 11.8 Å². The number of carbonyl (C=O) groups is 2. The van der Waals surface area contributed by atoms with Gasteiger partial charge in [-0.25, -0.2) is 0 Å². The molecule has 0 rings (SSSR count). The molecule has 4 heteroatoms. The Morgan fingerprint density at radius 1 is 0.929 bits per heavy atom. The van der Waals surface area contributed by atoms with Crippen LogP contribution in [0, 0.1) is 0 Å². The maximum Gasteiger partial charge on any atom is 0.243 e. The van der Waals surface area contributed by atoms with E-state index in [9.17, 15) is 9.59 Å². The maximum atomic E-state index is 10.7. The monoisotopic (exact) mass is 196 g/mol. The molecule has 2 N–H and O–H groups in total. The topological polar surface area (TPSA) is 58.2 Å². The number of hydrogen-bond donors (Lipinski definition) is 2. The van der Waals surface area contributed by atoms with Gasteiger partial charge in [0, 0.05) is 14.1 Å². The lowest BCUT2D eigenvalue weighted by Gasteiger charge is -1.90. The lowest BCUT2D eigenvalue weighted by molar-refractivity contribution is -0.116. The Labute approximate surface area is 84.1 Å². The number of hydrogen-bond acceptors (Lipinski definition) is 2. The van der Waals surface area contributed by atoms with Crippen LogP contribution in [0.2, 0.25) is 0 Å². The molecule has 0 aromatic rings. The van der Waals surface area contributed by atoms with Gasteiger partial charge in [0.15, 0.2) is 0 Å². The predicted molar refractivity (Wildman–Crippen MR) is 55.6 cm³/mol. The van der Waals surface area contributed by atoms with Gasteiger partial charge >= 0.3 is 0 Å². The number of carbonyl (C=O) groups excluding carboxylic acids is 2. The van der Waals surface area contributed by atoms with Crippen LogP contribution in [0.25, 0.3) is 0 Å². The van der Waals surface area contributed by atoms with Crippen LogP contribution in [0.15, 0.2) is 24.3 Å². The van der Waals surface area contributed by atoms with Gasteiger partial charge in [0.1, 0.15) is 0 Å². The van der Waals surface area contributed by atoms with Crippen molar-refractivity contribution in [1.82, 2.24) is 10.6 Å². The molecule has 2 amide bonds. The van der Waals surface area contributed by atoms with Crippen LogP contribution in [0.4, 0.5) is 0 Å². The summed E-state index contributed by atoms with van der Waals surface area (Å²) in [6.45, 7) is 0. The number of allylic oxidation sites excluding steroid dienone is 2. The van der Waals surface area contributed by atoms with Gasteiger partial charge in [0.05, 0.1) is 0 Å². The van der Waals surface area contributed by atoms with E-state index in [0.29, 0.717) is 0 Å². The largest absolute Gasteiger partial charge is 0.356 e. The van der Waals surface area contributed by atoms with E-state index in [0.717, 1.165) is 12.8 Å². The zero-order valence-corrected chi connectivity index (χ0v) is 8.54. The van der Waals surface area contributed by atoms with Crippen molar-refractivity contribution >= 4 is 11.8 Å². The normalized spacial score (nSPS) is 10.7. The third-order valence-corrected chi connectivity index (χ3v) is 1.53. The molecule has 14 heavy (non-hydrogen) atoms. The van der Waals surface area contributed by atoms with Crippen molar-refractivity contribution in [3.8, 4) is 0 Å². The fraction of sp³-hybridized carbons (Fsp3) is 0.400. The van der Waals surface area contributed by atoms with E-state index in [1.54, 1.807) is 26.2 Å². The molecule has 4 nitrogen and oxygen atoms in total. The van der Waals surface area contributed by atoms with Gasteiger partial charge in [-0.2, -0.15) is 0 Å². The lowest BCUT2D eigenvalue weighted by atomic mass is 10.2. The Bertz CT molecular complexity index is 219. The Balaban J connectivity index is 3.56. The summed E-state index contributed by atoms with van der Waals surface area (Å²) in [5, 5.41) is 4.95. The van der Waals surface area contributed by atoms with Gasteiger partial charge in [0.25, 0.3) is 0 Å². The molecule has 0 heterocycles. The fourth-order valence-electron chi connectivity index (χ4n) is 0.740. The van der Waals surface area contributed by atoms with E-state index in [1.807, 2.05) is 0 Å². The quantitative estimate of drug-likeness (QED) is 0.493. The van der Waals surface area contributed by atoms with Crippen LogP contribution in [0.5, 0.6) is 0 Å². The molecule has 0 aliphatic carbocycles. The van der Waals surface area contributed by atoms with Gasteiger partial charge in [-0.1, -0.05) is 12.2 Å².